The lowest BCUT2D eigenvalue weighted by Crippen LogP contribution is -2.28. The van der Waals surface area contributed by atoms with Crippen molar-refractivity contribution in [2.45, 2.75) is 52.4 Å². The molecule has 1 aliphatic heterocycles. The zero-order valence-electron chi connectivity index (χ0n) is 21.2. The molecule has 1 saturated heterocycles. The highest BCUT2D eigenvalue weighted by Gasteiger charge is 2.34. The normalized spacial score (nSPS) is 15.6. The summed E-state index contributed by atoms with van der Waals surface area (Å²) in [5, 5.41) is 11.8. The number of amides is 1. The smallest absolute Gasteiger partial charge is 0.268 e. The number of unbranched alkanes of at least 4 members (excludes halogenated alkanes) is 2. The van der Waals surface area contributed by atoms with Crippen molar-refractivity contribution in [1.29, 1.82) is 0 Å². The summed E-state index contributed by atoms with van der Waals surface area (Å²) in [4.78, 5) is 31.3. The van der Waals surface area contributed by atoms with E-state index in [0.29, 0.717) is 15.6 Å². The number of rotatable bonds is 10. The van der Waals surface area contributed by atoms with Crippen LogP contribution in [0, 0.1) is 10.1 Å². The molecule has 0 radical (unpaired) electrons. The van der Waals surface area contributed by atoms with Gasteiger partial charge in [0.25, 0.3) is 11.6 Å². The Morgan fingerprint density at radius 3 is 2.14 bits per heavy atom. The van der Waals surface area contributed by atoms with Gasteiger partial charge in [0.1, 0.15) is 0 Å². The summed E-state index contributed by atoms with van der Waals surface area (Å²) < 4.78 is 0. The molecule has 6 nitrogen and oxygen atoms in total. The van der Waals surface area contributed by atoms with Gasteiger partial charge >= 0.3 is 0 Å². The average Bonchev–Trinajstić information content (AvgIpc) is 3.21. The first-order valence-corrected chi connectivity index (χ1v) is 13.5. The summed E-state index contributed by atoms with van der Waals surface area (Å²) in [6.07, 6.45) is 8.27. The van der Waals surface area contributed by atoms with Crippen LogP contribution in [0.5, 0.6) is 0 Å². The fourth-order valence-electron chi connectivity index (χ4n) is 4.08. The number of thioether (sulfide) groups is 1. The molecule has 0 unspecified atom stereocenters. The Bertz CT molecular complexity index is 1310. The molecule has 4 rings (SSSR count). The number of carbonyl (C=O) groups is 1. The molecule has 1 heterocycles. The van der Waals surface area contributed by atoms with Gasteiger partial charge in [0.05, 0.1) is 21.2 Å². The first-order chi connectivity index (χ1) is 18.0. The van der Waals surface area contributed by atoms with Gasteiger partial charge in [0, 0.05) is 12.1 Å². The maximum atomic E-state index is 13.6. The van der Waals surface area contributed by atoms with E-state index in [1.807, 2.05) is 24.3 Å². The number of anilines is 1. The van der Waals surface area contributed by atoms with Crippen molar-refractivity contribution in [3.8, 4) is 0 Å². The molecular formula is C30H31N3O3S. The molecule has 1 aliphatic rings. The molecule has 0 spiro atoms. The first-order valence-electron chi connectivity index (χ1n) is 12.7. The van der Waals surface area contributed by atoms with Gasteiger partial charge in [-0.1, -0.05) is 63.1 Å². The van der Waals surface area contributed by atoms with Crippen LogP contribution in [0.15, 0.2) is 82.7 Å². The second kappa shape index (κ2) is 12.5. The van der Waals surface area contributed by atoms with Gasteiger partial charge < -0.3 is 0 Å². The summed E-state index contributed by atoms with van der Waals surface area (Å²) in [7, 11) is 0. The predicted molar refractivity (Wildman–Crippen MR) is 153 cm³/mol. The Hall–Kier alpha value is -3.71. The summed E-state index contributed by atoms with van der Waals surface area (Å²) >= 11 is 1.28. The van der Waals surface area contributed by atoms with Gasteiger partial charge in [0.2, 0.25) is 0 Å². The van der Waals surface area contributed by atoms with Gasteiger partial charge in [-0.3, -0.25) is 19.8 Å². The first kappa shape index (κ1) is 26.4. The molecule has 1 amide bonds. The maximum Gasteiger partial charge on any atom is 0.271 e. The lowest BCUT2D eigenvalue weighted by Gasteiger charge is -2.16. The van der Waals surface area contributed by atoms with Crippen LogP contribution >= 0.6 is 11.8 Å². The van der Waals surface area contributed by atoms with Crippen LogP contribution in [0.2, 0.25) is 0 Å². The van der Waals surface area contributed by atoms with E-state index in [4.69, 9.17) is 4.99 Å². The van der Waals surface area contributed by atoms with Gasteiger partial charge in [-0.25, -0.2) is 4.99 Å². The Kier molecular flexibility index (Phi) is 8.90. The lowest BCUT2D eigenvalue weighted by molar-refractivity contribution is -0.384. The van der Waals surface area contributed by atoms with E-state index in [1.165, 1.54) is 35.0 Å². The molecular weight excluding hydrogens is 482 g/mol. The number of nitrogens with zero attached hydrogens (tertiary/aromatic N) is 3. The highest BCUT2D eigenvalue weighted by atomic mass is 32.2. The number of carbonyl (C=O) groups excluding carboxylic acids is 1. The number of aryl methyl sites for hydroxylation is 2. The second-order valence-corrected chi connectivity index (χ2v) is 10.0. The standard InChI is InChI=1S/C30H31N3O3S/c1-3-5-8-22-12-16-25(17-13-22)31-30-32(26-18-14-23(15-19-26)9-6-4-2)29(34)28(37-30)21-24-10-7-11-27(20-24)33(35)36/h7,10-21H,3-6,8-9H2,1-2H3/b28-21+,31-30?. The average molecular weight is 514 g/mol. The van der Waals surface area contributed by atoms with E-state index in [9.17, 15) is 14.9 Å². The Balaban J connectivity index is 1.68. The van der Waals surface area contributed by atoms with E-state index >= 15 is 0 Å². The Morgan fingerprint density at radius 2 is 1.54 bits per heavy atom. The van der Waals surface area contributed by atoms with E-state index < -0.39 is 4.92 Å². The van der Waals surface area contributed by atoms with Crippen LogP contribution in [0.1, 0.15) is 56.2 Å². The zero-order valence-corrected chi connectivity index (χ0v) is 22.0. The van der Waals surface area contributed by atoms with Crippen LogP contribution in [-0.2, 0) is 17.6 Å². The molecule has 190 valence electrons. The summed E-state index contributed by atoms with van der Waals surface area (Å²) in [5.41, 5.74) is 4.61. The number of hydrogen-bond donors (Lipinski definition) is 0. The molecule has 3 aromatic carbocycles. The molecule has 0 bridgehead atoms. The number of aliphatic imine (C=N–C) groups is 1. The third kappa shape index (κ3) is 6.74. The minimum Gasteiger partial charge on any atom is -0.268 e. The molecule has 0 saturated carbocycles. The molecule has 7 heteroatoms. The van der Waals surface area contributed by atoms with E-state index in [0.717, 1.165) is 49.9 Å². The minimum absolute atomic E-state index is 0.0126. The van der Waals surface area contributed by atoms with Crippen LogP contribution < -0.4 is 4.90 Å². The van der Waals surface area contributed by atoms with Crippen molar-refractivity contribution in [3.63, 3.8) is 0 Å². The van der Waals surface area contributed by atoms with Gasteiger partial charge in [-0.15, -0.1) is 0 Å². The van der Waals surface area contributed by atoms with Crippen molar-refractivity contribution in [2.75, 3.05) is 4.90 Å². The quantitative estimate of drug-likeness (QED) is 0.156. The van der Waals surface area contributed by atoms with Crippen LogP contribution in [0.4, 0.5) is 17.1 Å². The van der Waals surface area contributed by atoms with Crippen LogP contribution in [0.3, 0.4) is 0 Å². The van der Waals surface area contributed by atoms with Crippen LogP contribution in [-0.4, -0.2) is 16.0 Å². The number of benzene rings is 3. The highest BCUT2D eigenvalue weighted by molar-refractivity contribution is 8.19. The molecule has 0 aromatic heterocycles. The van der Waals surface area contributed by atoms with Gasteiger partial charge in [0.15, 0.2) is 5.17 Å². The second-order valence-electron chi connectivity index (χ2n) is 9.04. The fraction of sp³-hybridized carbons (Fsp3) is 0.267. The molecule has 0 atom stereocenters. The van der Waals surface area contributed by atoms with E-state index in [-0.39, 0.29) is 11.6 Å². The van der Waals surface area contributed by atoms with E-state index in [1.54, 1.807) is 23.1 Å². The third-order valence-electron chi connectivity index (χ3n) is 6.18. The van der Waals surface area contributed by atoms with Crippen LogP contribution in [0.25, 0.3) is 6.08 Å². The van der Waals surface area contributed by atoms with Crippen molar-refractivity contribution < 1.29 is 9.72 Å². The van der Waals surface area contributed by atoms with Gasteiger partial charge in [-0.2, -0.15) is 0 Å². The summed E-state index contributed by atoms with van der Waals surface area (Å²) in [5.74, 6) is -0.198. The van der Waals surface area contributed by atoms with Crippen molar-refractivity contribution in [2.24, 2.45) is 4.99 Å². The zero-order chi connectivity index (χ0) is 26.2. The van der Waals surface area contributed by atoms with Crippen molar-refractivity contribution in [3.05, 3.63) is 105 Å². The topological polar surface area (TPSA) is 75.8 Å². The SMILES string of the molecule is CCCCc1ccc(N=C2S/C(=C/c3cccc([N+](=O)[O-])c3)C(=O)N2c2ccc(CCCC)cc2)cc1. The number of amidine groups is 1. The van der Waals surface area contributed by atoms with Gasteiger partial charge in [-0.05, 0) is 84.5 Å². The number of hydrogen-bond acceptors (Lipinski definition) is 5. The predicted octanol–water partition coefficient (Wildman–Crippen LogP) is 8.09. The third-order valence-corrected chi connectivity index (χ3v) is 7.15. The maximum absolute atomic E-state index is 13.6. The number of non-ortho nitro benzene ring substituents is 1. The Morgan fingerprint density at radius 1 is 0.919 bits per heavy atom. The van der Waals surface area contributed by atoms with E-state index in [2.05, 4.69) is 38.1 Å². The highest BCUT2D eigenvalue weighted by Crippen LogP contribution is 2.37. The molecule has 3 aromatic rings. The van der Waals surface area contributed by atoms with Crippen molar-refractivity contribution in [1.82, 2.24) is 0 Å². The molecule has 0 aliphatic carbocycles. The molecule has 37 heavy (non-hydrogen) atoms. The minimum atomic E-state index is -0.435. The number of nitro groups is 1. The Labute approximate surface area is 222 Å². The molecule has 0 N–H and O–H groups in total. The molecule has 1 fully saturated rings. The lowest BCUT2D eigenvalue weighted by atomic mass is 10.1. The van der Waals surface area contributed by atoms with Crippen molar-refractivity contribution >= 4 is 46.0 Å². The fourth-order valence-corrected chi connectivity index (χ4v) is 5.08. The largest absolute Gasteiger partial charge is 0.271 e. The number of nitro benzene ring substituents is 1. The summed E-state index contributed by atoms with van der Waals surface area (Å²) in [6, 6.07) is 22.5. The monoisotopic (exact) mass is 513 g/mol. The summed E-state index contributed by atoms with van der Waals surface area (Å²) in [6.45, 7) is 4.35.